The number of hydrogen-bond donors (Lipinski definition) is 0. The van der Waals surface area contributed by atoms with E-state index in [0.29, 0.717) is 23.7 Å². The summed E-state index contributed by atoms with van der Waals surface area (Å²) in [7, 11) is 1.60. The summed E-state index contributed by atoms with van der Waals surface area (Å²) < 4.78 is 12.5. The van der Waals surface area contributed by atoms with Crippen molar-refractivity contribution in [1.29, 1.82) is 0 Å². The molecule has 0 saturated carbocycles. The van der Waals surface area contributed by atoms with Crippen molar-refractivity contribution in [2.45, 2.75) is 26.8 Å². The first-order valence-electron chi connectivity index (χ1n) is 7.62. The summed E-state index contributed by atoms with van der Waals surface area (Å²) in [4.78, 5) is 12.2. The number of nitrogens with zero attached hydrogens (tertiary/aromatic N) is 2. The van der Waals surface area contributed by atoms with E-state index < -0.39 is 0 Å². The molecule has 5 heteroatoms. The van der Waals surface area contributed by atoms with Crippen LogP contribution in [0.4, 0.5) is 0 Å². The highest BCUT2D eigenvalue weighted by Crippen LogP contribution is 2.28. The van der Waals surface area contributed by atoms with Crippen molar-refractivity contribution in [1.82, 2.24) is 9.78 Å². The Morgan fingerprint density at radius 1 is 1.35 bits per heavy atom. The van der Waals surface area contributed by atoms with Crippen molar-refractivity contribution in [2.24, 2.45) is 0 Å². The molecule has 0 fully saturated rings. The molecule has 0 spiro atoms. The molecule has 0 aliphatic carbocycles. The molecule has 0 saturated heterocycles. The molecule has 0 aliphatic rings. The molecule has 0 bridgehead atoms. The van der Waals surface area contributed by atoms with Crippen LogP contribution in [0.15, 0.2) is 36.7 Å². The third-order valence-corrected chi connectivity index (χ3v) is 3.33. The molecule has 0 amide bonds. The van der Waals surface area contributed by atoms with E-state index >= 15 is 0 Å². The van der Waals surface area contributed by atoms with Gasteiger partial charge in [-0.1, -0.05) is 12.1 Å². The molecule has 1 heterocycles. The van der Waals surface area contributed by atoms with E-state index in [1.165, 1.54) is 0 Å². The number of hydrogen-bond acceptors (Lipinski definition) is 4. The minimum atomic E-state index is -0.0781. The first-order chi connectivity index (χ1) is 11.0. The zero-order chi connectivity index (χ0) is 16.8. The summed E-state index contributed by atoms with van der Waals surface area (Å²) in [6.07, 6.45) is 6.65. The molecule has 0 radical (unpaired) electrons. The summed E-state index contributed by atoms with van der Waals surface area (Å²) in [5.74, 6) is 1.26. The van der Waals surface area contributed by atoms with Crippen molar-refractivity contribution < 1.29 is 14.3 Å². The van der Waals surface area contributed by atoms with Gasteiger partial charge in [-0.15, -0.1) is 0 Å². The topological polar surface area (TPSA) is 53.3 Å². The van der Waals surface area contributed by atoms with Gasteiger partial charge in [0, 0.05) is 12.2 Å². The van der Waals surface area contributed by atoms with E-state index in [2.05, 4.69) is 5.10 Å². The van der Waals surface area contributed by atoms with Crippen LogP contribution in [0.2, 0.25) is 0 Å². The number of rotatable bonds is 7. The second-order valence-electron chi connectivity index (χ2n) is 5.34. The van der Waals surface area contributed by atoms with Crippen LogP contribution in [-0.2, 0) is 0 Å². The van der Waals surface area contributed by atoms with Crippen LogP contribution in [-0.4, -0.2) is 29.3 Å². The van der Waals surface area contributed by atoms with Crippen LogP contribution in [0.25, 0.3) is 6.08 Å². The van der Waals surface area contributed by atoms with Crippen LogP contribution in [0.5, 0.6) is 11.5 Å². The number of benzene rings is 1. The second-order valence-corrected chi connectivity index (χ2v) is 5.34. The average molecular weight is 314 g/mol. The highest BCUT2D eigenvalue weighted by Gasteiger charge is 2.08. The molecule has 0 aliphatic heterocycles. The molecule has 2 aromatic rings. The van der Waals surface area contributed by atoms with E-state index in [-0.39, 0.29) is 11.8 Å². The number of aromatic nitrogens is 2. The van der Waals surface area contributed by atoms with E-state index in [9.17, 15) is 4.79 Å². The SMILES string of the molecule is CCOc1cc(C=CC(=O)c2cnn(C(C)C)c2)ccc1OC. The molecule has 1 aromatic carbocycles. The number of methoxy groups -OCH3 is 1. The lowest BCUT2D eigenvalue weighted by atomic mass is 10.1. The summed E-state index contributed by atoms with van der Waals surface area (Å²) >= 11 is 0. The van der Waals surface area contributed by atoms with E-state index in [1.807, 2.05) is 39.0 Å². The van der Waals surface area contributed by atoms with Gasteiger partial charge in [0.05, 0.1) is 25.5 Å². The smallest absolute Gasteiger partial charge is 0.189 e. The normalized spacial score (nSPS) is 11.2. The highest BCUT2D eigenvalue weighted by molar-refractivity contribution is 6.06. The molecule has 122 valence electrons. The Morgan fingerprint density at radius 2 is 2.13 bits per heavy atom. The summed E-state index contributed by atoms with van der Waals surface area (Å²) in [5, 5.41) is 4.18. The Morgan fingerprint density at radius 3 is 2.74 bits per heavy atom. The number of carbonyl (C=O) groups is 1. The molecule has 23 heavy (non-hydrogen) atoms. The largest absolute Gasteiger partial charge is 0.493 e. The fraction of sp³-hybridized carbons (Fsp3) is 0.333. The second kappa shape index (κ2) is 7.63. The maximum atomic E-state index is 12.2. The predicted octanol–water partition coefficient (Wildman–Crippen LogP) is 3.77. The first kappa shape index (κ1) is 16.8. The summed E-state index contributed by atoms with van der Waals surface area (Å²) in [6.45, 7) is 6.50. The van der Waals surface area contributed by atoms with Crippen LogP contribution < -0.4 is 9.47 Å². The van der Waals surface area contributed by atoms with Gasteiger partial charge in [0.1, 0.15) is 0 Å². The standard InChI is InChI=1S/C18H22N2O3/c1-5-23-18-10-14(7-9-17(18)22-4)6-8-16(21)15-11-19-20(12-15)13(2)3/h6-13H,5H2,1-4H3. The van der Waals surface area contributed by atoms with Crippen molar-refractivity contribution in [3.63, 3.8) is 0 Å². The van der Waals surface area contributed by atoms with Gasteiger partial charge in [0.15, 0.2) is 17.3 Å². The van der Waals surface area contributed by atoms with Crippen molar-refractivity contribution in [3.8, 4) is 11.5 Å². The molecular weight excluding hydrogens is 292 g/mol. The molecule has 5 nitrogen and oxygen atoms in total. The maximum absolute atomic E-state index is 12.2. The fourth-order valence-electron chi connectivity index (χ4n) is 2.08. The van der Waals surface area contributed by atoms with Gasteiger partial charge in [-0.25, -0.2) is 0 Å². The summed E-state index contributed by atoms with van der Waals surface area (Å²) in [6, 6.07) is 5.79. The molecule has 0 N–H and O–H groups in total. The molecule has 0 atom stereocenters. The van der Waals surface area contributed by atoms with E-state index in [1.54, 1.807) is 36.3 Å². The zero-order valence-corrected chi connectivity index (χ0v) is 13.9. The zero-order valence-electron chi connectivity index (χ0n) is 13.9. The Bertz CT molecular complexity index is 702. The molecule has 0 unspecified atom stereocenters. The van der Waals surface area contributed by atoms with Gasteiger partial charge in [-0.3, -0.25) is 9.48 Å². The van der Waals surface area contributed by atoms with Gasteiger partial charge in [-0.05, 0) is 44.5 Å². The Labute approximate surface area is 136 Å². The van der Waals surface area contributed by atoms with Gasteiger partial charge >= 0.3 is 0 Å². The lowest BCUT2D eigenvalue weighted by molar-refractivity contribution is 0.104. The molecule has 2 rings (SSSR count). The lowest BCUT2D eigenvalue weighted by Crippen LogP contribution is -2.00. The number of allylic oxidation sites excluding steroid dienone is 1. The minimum absolute atomic E-state index is 0.0781. The third kappa shape index (κ3) is 4.22. The lowest BCUT2D eigenvalue weighted by Gasteiger charge is -2.09. The van der Waals surface area contributed by atoms with Gasteiger partial charge < -0.3 is 9.47 Å². The van der Waals surface area contributed by atoms with Crippen molar-refractivity contribution in [3.05, 3.63) is 47.8 Å². The average Bonchev–Trinajstić information content (AvgIpc) is 3.03. The van der Waals surface area contributed by atoms with Crippen LogP contribution in [0.1, 0.15) is 42.7 Å². The number of ether oxygens (including phenoxy) is 2. The Kier molecular flexibility index (Phi) is 5.57. The van der Waals surface area contributed by atoms with Crippen molar-refractivity contribution in [2.75, 3.05) is 13.7 Å². The maximum Gasteiger partial charge on any atom is 0.189 e. The monoisotopic (exact) mass is 314 g/mol. The summed E-state index contributed by atoms with van der Waals surface area (Å²) in [5.41, 5.74) is 1.45. The first-order valence-corrected chi connectivity index (χ1v) is 7.62. The van der Waals surface area contributed by atoms with Gasteiger partial charge in [0.25, 0.3) is 0 Å². The van der Waals surface area contributed by atoms with Gasteiger partial charge in [0.2, 0.25) is 0 Å². The Balaban J connectivity index is 2.15. The quantitative estimate of drug-likeness (QED) is 0.576. The Hall–Kier alpha value is -2.56. The number of carbonyl (C=O) groups excluding carboxylic acids is 1. The third-order valence-electron chi connectivity index (χ3n) is 3.33. The van der Waals surface area contributed by atoms with Gasteiger partial charge in [-0.2, -0.15) is 5.10 Å². The van der Waals surface area contributed by atoms with Crippen LogP contribution in [0, 0.1) is 0 Å². The van der Waals surface area contributed by atoms with Crippen LogP contribution >= 0.6 is 0 Å². The predicted molar refractivity (Wildman–Crippen MR) is 90.1 cm³/mol. The van der Waals surface area contributed by atoms with Crippen LogP contribution in [0.3, 0.4) is 0 Å². The van der Waals surface area contributed by atoms with E-state index in [4.69, 9.17) is 9.47 Å². The van der Waals surface area contributed by atoms with E-state index in [0.717, 1.165) is 5.56 Å². The molecular formula is C18H22N2O3. The number of ketones is 1. The van der Waals surface area contributed by atoms with Crippen molar-refractivity contribution >= 4 is 11.9 Å². The molecule has 1 aromatic heterocycles. The fourth-order valence-corrected chi connectivity index (χ4v) is 2.08. The highest BCUT2D eigenvalue weighted by atomic mass is 16.5. The minimum Gasteiger partial charge on any atom is -0.493 e.